The van der Waals surface area contributed by atoms with Crippen LogP contribution in [0, 0.1) is 41.4 Å². The summed E-state index contributed by atoms with van der Waals surface area (Å²) >= 11 is 0. The number of methoxy groups -OCH3 is 3. The molecule has 104 heavy (non-hydrogen) atoms. The lowest BCUT2D eigenvalue weighted by Gasteiger charge is -2.50. The molecule has 6 aliphatic heterocycles. The molecule has 28 nitrogen and oxygen atoms in total. The fourth-order valence-corrected chi connectivity index (χ4v) is 17.3. The van der Waals surface area contributed by atoms with Crippen LogP contribution in [0.1, 0.15) is 190 Å². The molecule has 0 spiro atoms. The van der Waals surface area contributed by atoms with Gasteiger partial charge in [-0.1, -0.05) is 48.5 Å². The van der Waals surface area contributed by atoms with Gasteiger partial charge in [0.25, 0.3) is 0 Å². The van der Waals surface area contributed by atoms with Crippen LogP contribution in [0.3, 0.4) is 0 Å². The first-order valence-corrected chi connectivity index (χ1v) is 38.0. The van der Waals surface area contributed by atoms with E-state index >= 15 is 0 Å². The second-order valence-electron chi connectivity index (χ2n) is 33.8. The van der Waals surface area contributed by atoms with Crippen molar-refractivity contribution in [1.82, 2.24) is 14.7 Å². The van der Waals surface area contributed by atoms with Gasteiger partial charge in [-0.2, -0.15) is 0 Å². The Morgan fingerprint density at radius 2 is 0.865 bits per heavy atom. The number of carbonyl (C=O) groups is 3. The van der Waals surface area contributed by atoms with Gasteiger partial charge in [0.15, 0.2) is 25.2 Å². The van der Waals surface area contributed by atoms with Crippen LogP contribution in [0.2, 0.25) is 0 Å². The van der Waals surface area contributed by atoms with Crippen LogP contribution in [0.5, 0.6) is 0 Å². The van der Waals surface area contributed by atoms with E-state index in [2.05, 4.69) is 0 Å². The molecule has 6 fully saturated rings. The Morgan fingerprint density at radius 3 is 1.24 bits per heavy atom. The van der Waals surface area contributed by atoms with Crippen LogP contribution in [-0.4, -0.2) is 316 Å². The number of esters is 2. The third kappa shape index (κ3) is 21.1. The van der Waals surface area contributed by atoms with Gasteiger partial charge in [0.2, 0.25) is 0 Å². The van der Waals surface area contributed by atoms with Crippen LogP contribution < -0.4 is 0 Å². The van der Waals surface area contributed by atoms with Crippen molar-refractivity contribution in [2.45, 2.75) is 364 Å². The average Bonchev–Trinajstić information content (AvgIpc) is 0.860. The zero-order valence-electron chi connectivity index (χ0n) is 68.1. The number of aliphatic hydroxyl groups is 9. The molecule has 0 bridgehead atoms. The Kier molecular flexibility index (Phi) is 33.1. The SMILES string of the molecule is CC[C@H]1OC(=O)[C@H](C)[C@@H](O[C@H]2C[C@@](C)(OC)[C@@H](O)[C@H](C)O2)[C@H](C)[C@@H](O[C@@H]2O[C@H](C)C[C@H](N(C)C)[C@H]2O)[C@](C)(O)C[C@@H](C)CN(C)[C@H](C)[C@@H](O)[C@]1(C)O.CC[C@H]1OC(=O)[C@H](C)[C@@H](O[C@H]2C[C@@](C)(OC)[C@@H](O)[C@H](C)O2)[C@H](C)[C@@H](O[C@@H]2O[C@H](C)C[C@H](N(C)C)[C@H]2O)[C@](C)(OC)C[C@@H](C)C(=O)[C@H](C)[C@@H](O)[C@]1(C)O. The first-order chi connectivity index (χ1) is 47.9. The molecular formula is C76H141N3O25. The van der Waals surface area contributed by atoms with Gasteiger partial charge >= 0.3 is 11.9 Å². The first kappa shape index (κ1) is 92.3. The van der Waals surface area contributed by atoms with E-state index in [0.29, 0.717) is 19.4 Å². The van der Waals surface area contributed by atoms with Crippen LogP contribution >= 0.6 is 0 Å². The second-order valence-corrected chi connectivity index (χ2v) is 33.8. The fourth-order valence-electron chi connectivity index (χ4n) is 17.3. The maximum atomic E-state index is 14.2. The number of hydrogen-bond donors (Lipinski definition) is 9. The van der Waals surface area contributed by atoms with Crippen LogP contribution in [-0.2, 0) is 76.0 Å². The molecule has 6 saturated heterocycles. The highest BCUT2D eigenvalue weighted by Gasteiger charge is 2.57. The third-order valence-corrected chi connectivity index (χ3v) is 24.5. The summed E-state index contributed by atoms with van der Waals surface area (Å²) in [5.74, 6) is -7.05. The second kappa shape index (κ2) is 37.3. The minimum atomic E-state index is -1.96. The molecule has 0 aromatic rings. The number of carbonyl (C=O) groups excluding carboxylic acids is 3. The van der Waals surface area contributed by atoms with Gasteiger partial charge in [-0.15, -0.1) is 0 Å². The molecule has 0 amide bonds. The minimum absolute atomic E-state index is 0.111. The summed E-state index contributed by atoms with van der Waals surface area (Å²) in [7, 11) is 13.9. The number of ether oxygens (including phenoxy) is 13. The highest BCUT2D eigenvalue weighted by Crippen LogP contribution is 2.45. The van der Waals surface area contributed by atoms with Crippen LogP contribution in [0.4, 0.5) is 0 Å². The molecule has 0 aliphatic carbocycles. The highest BCUT2D eigenvalue weighted by molar-refractivity contribution is 5.83. The minimum Gasteiger partial charge on any atom is -0.459 e. The first-order valence-electron chi connectivity index (χ1n) is 38.0. The predicted octanol–water partition coefficient (Wildman–Crippen LogP) is 4.34. The quantitative estimate of drug-likeness (QED) is 0.103. The Hall–Kier alpha value is -2.31. The van der Waals surface area contributed by atoms with Crippen molar-refractivity contribution in [3.8, 4) is 0 Å². The monoisotopic (exact) mass is 1500 g/mol. The van der Waals surface area contributed by atoms with Gasteiger partial charge in [0.1, 0.15) is 59.7 Å². The van der Waals surface area contributed by atoms with Gasteiger partial charge < -0.3 is 122 Å². The number of aliphatic hydroxyl groups excluding tert-OH is 6. The van der Waals surface area contributed by atoms with Crippen molar-refractivity contribution < 1.29 is 122 Å². The van der Waals surface area contributed by atoms with E-state index in [1.807, 2.05) is 84.6 Å². The van der Waals surface area contributed by atoms with Crippen molar-refractivity contribution in [1.29, 1.82) is 0 Å². The molecule has 0 aromatic heterocycles. The topological polar surface area (TPSA) is 363 Å². The number of cyclic esters (lactones) is 2. The van der Waals surface area contributed by atoms with Gasteiger partial charge in [-0.25, -0.2) is 0 Å². The molecule has 36 atom stereocenters. The summed E-state index contributed by atoms with van der Waals surface area (Å²) in [5, 5.41) is 104. The van der Waals surface area contributed by atoms with Gasteiger partial charge in [0.05, 0.1) is 89.2 Å². The number of likely N-dealkylation sites (N-methyl/N-ethyl adjacent to an activating group) is 3. The Bertz CT molecular complexity index is 2680. The Labute approximate surface area is 620 Å². The summed E-state index contributed by atoms with van der Waals surface area (Å²) in [6.45, 7) is 35.1. The lowest BCUT2D eigenvalue weighted by atomic mass is 9.74. The van der Waals surface area contributed by atoms with Crippen LogP contribution in [0.15, 0.2) is 0 Å². The van der Waals surface area contributed by atoms with Crippen molar-refractivity contribution in [2.24, 2.45) is 41.4 Å². The lowest BCUT2D eigenvalue weighted by molar-refractivity contribution is -0.319. The number of rotatable bonds is 15. The largest absolute Gasteiger partial charge is 0.459 e. The third-order valence-electron chi connectivity index (χ3n) is 24.5. The predicted molar refractivity (Wildman–Crippen MR) is 385 cm³/mol. The molecule has 6 heterocycles. The highest BCUT2D eigenvalue weighted by atomic mass is 16.7. The summed E-state index contributed by atoms with van der Waals surface area (Å²) in [6.07, 6.45) is -16.9. The maximum Gasteiger partial charge on any atom is 0.311 e. The molecule has 0 saturated carbocycles. The van der Waals surface area contributed by atoms with Crippen molar-refractivity contribution >= 4 is 17.7 Å². The van der Waals surface area contributed by atoms with E-state index in [1.54, 1.807) is 90.0 Å². The molecular weight excluding hydrogens is 1350 g/mol. The van der Waals surface area contributed by atoms with Crippen molar-refractivity contribution in [3.63, 3.8) is 0 Å². The standard InChI is InChI=1S/C38H72N2O12.C38H69NO13/c1-15-27-38(10,46)31(42)24(6)40(13)19-20(2)17-36(8,45)33(52-35-29(41)26(39(11)12)16-21(3)48-35)22(4)30(23(5)34(44)50-27)51-28-18-37(9,47-14)32(43)25(7)49-28;1-15-26-38(10,45)31(42)21(4)28(40)19(2)17-37(9,47-14)33(52-35-29(41)25(39(11)12)16-20(3)48-35)22(5)30(23(6)34(44)50-26)51-27-18-36(8,46-13)32(43)24(7)49-27/h20-33,35,41-43,45-46H,15-19H2,1-14H3;19-27,29-33,35,41-43,45H,15-18H2,1-14H3/t20-,21-,22+,23-,24-,25+,26+,27-,28+,29-,30+,31-,32+,33-,35+,36-,37-,38-;19-,20-,21+,22+,23-,24+,25+,26-,27+,29-,30+,31-,32+,33-,35+,36-,37-,38-/m11/s1. The smallest absolute Gasteiger partial charge is 0.311 e. The maximum absolute atomic E-state index is 14.2. The van der Waals surface area contributed by atoms with E-state index in [-0.39, 0.29) is 74.5 Å². The lowest BCUT2D eigenvalue weighted by Crippen LogP contribution is -2.61. The van der Waals surface area contributed by atoms with Crippen molar-refractivity contribution in [3.05, 3.63) is 0 Å². The normalized spacial score (nSPS) is 49.3. The Morgan fingerprint density at radius 1 is 0.490 bits per heavy atom. The summed E-state index contributed by atoms with van der Waals surface area (Å²) in [4.78, 5) is 48.1. The van der Waals surface area contributed by atoms with Gasteiger partial charge in [-0.3, -0.25) is 14.4 Å². The molecule has 610 valence electrons. The number of ketones is 1. The molecule has 9 N–H and O–H groups in total. The Balaban J connectivity index is 0.000000374. The molecule has 28 heteroatoms. The molecule has 0 radical (unpaired) electrons. The molecule has 6 aliphatic rings. The van der Waals surface area contributed by atoms with Gasteiger partial charge in [-0.05, 0) is 170 Å². The summed E-state index contributed by atoms with van der Waals surface area (Å²) < 4.78 is 81.4. The van der Waals surface area contributed by atoms with E-state index in [9.17, 15) is 60.3 Å². The average molecular weight is 1500 g/mol. The molecule has 0 aromatic carbocycles. The number of hydrogen-bond acceptors (Lipinski definition) is 28. The summed E-state index contributed by atoms with van der Waals surface area (Å²) in [6, 6.07) is -1.09. The fraction of sp³-hybridized carbons (Fsp3) is 0.961. The van der Waals surface area contributed by atoms with Crippen molar-refractivity contribution in [2.75, 3.05) is 63.1 Å². The zero-order valence-corrected chi connectivity index (χ0v) is 68.1. The zero-order chi connectivity index (χ0) is 79.3. The van der Waals surface area contributed by atoms with Crippen LogP contribution in [0.25, 0.3) is 0 Å². The van der Waals surface area contributed by atoms with E-state index in [0.717, 1.165) is 0 Å². The summed E-state index contributed by atoms with van der Waals surface area (Å²) in [5.41, 5.74) is -8.62. The number of Topliss-reactive ketones (excluding diaryl/α,β-unsaturated/α-hetero) is 1. The number of nitrogens with zero attached hydrogens (tertiary/aromatic N) is 3. The van der Waals surface area contributed by atoms with E-state index < -0.39 is 198 Å². The van der Waals surface area contributed by atoms with Gasteiger partial charge in [0, 0.05) is 82.5 Å². The van der Waals surface area contributed by atoms with E-state index in [4.69, 9.17) is 61.6 Å². The van der Waals surface area contributed by atoms with E-state index in [1.165, 1.54) is 35.2 Å². The molecule has 0 unspecified atom stereocenters. The molecule has 6 rings (SSSR count).